The van der Waals surface area contributed by atoms with Gasteiger partial charge < -0.3 is 19.5 Å². The topological polar surface area (TPSA) is 45.2 Å². The fraction of sp³-hybridized carbons (Fsp3) is 0.259. The van der Waals surface area contributed by atoms with E-state index in [9.17, 15) is 5.11 Å². The molecule has 0 bridgehead atoms. The minimum absolute atomic E-state index is 0.251. The van der Waals surface area contributed by atoms with E-state index >= 15 is 0 Å². The smallest absolute Gasteiger partial charge is 0.153 e. The number of ether oxygens (including phenoxy) is 2. The fourth-order valence-electron chi connectivity index (χ4n) is 4.04. The van der Waals surface area contributed by atoms with Crippen molar-refractivity contribution >= 4 is 37.4 Å². The zero-order valence-electron chi connectivity index (χ0n) is 19.0. The molecule has 4 aromatic rings. The molecule has 1 fully saturated rings. The number of likely N-dealkylation sites (N-methyl/N-ethyl adjacent to an activating group) is 1. The van der Waals surface area contributed by atoms with Gasteiger partial charge in [0, 0.05) is 47.3 Å². The SMILES string of the molecule is CN1CCN(CCOc2ccc(Oc3c(-c4ccc(Br)cc4)sc4cc(O)ccc34)cc2)CC1. The molecule has 2 heterocycles. The van der Waals surface area contributed by atoms with Crippen molar-refractivity contribution < 1.29 is 14.6 Å². The van der Waals surface area contributed by atoms with Crippen LogP contribution >= 0.6 is 27.3 Å². The van der Waals surface area contributed by atoms with E-state index in [1.54, 1.807) is 23.5 Å². The van der Waals surface area contributed by atoms with Crippen molar-refractivity contribution in [3.8, 4) is 33.4 Å². The number of phenols is 1. The number of halogens is 1. The van der Waals surface area contributed by atoms with E-state index in [0.29, 0.717) is 6.61 Å². The predicted molar refractivity (Wildman–Crippen MR) is 143 cm³/mol. The minimum Gasteiger partial charge on any atom is -0.508 e. The molecule has 0 radical (unpaired) electrons. The van der Waals surface area contributed by atoms with Crippen LogP contribution in [0, 0.1) is 0 Å². The Labute approximate surface area is 212 Å². The molecule has 34 heavy (non-hydrogen) atoms. The summed E-state index contributed by atoms with van der Waals surface area (Å²) in [5.74, 6) is 2.64. The lowest BCUT2D eigenvalue weighted by atomic mass is 10.1. The molecule has 1 aromatic heterocycles. The van der Waals surface area contributed by atoms with Gasteiger partial charge in [0.1, 0.15) is 23.9 Å². The molecule has 5 rings (SSSR count). The van der Waals surface area contributed by atoms with Crippen molar-refractivity contribution in [3.05, 3.63) is 71.2 Å². The van der Waals surface area contributed by atoms with Crippen LogP contribution < -0.4 is 9.47 Å². The molecule has 3 aromatic carbocycles. The number of piperazine rings is 1. The van der Waals surface area contributed by atoms with Crippen LogP contribution in [0.25, 0.3) is 20.5 Å². The zero-order chi connectivity index (χ0) is 23.5. The predicted octanol–water partition coefficient (Wildman–Crippen LogP) is 6.45. The maximum absolute atomic E-state index is 9.96. The minimum atomic E-state index is 0.251. The van der Waals surface area contributed by atoms with E-state index in [1.165, 1.54) is 0 Å². The van der Waals surface area contributed by atoms with E-state index < -0.39 is 0 Å². The number of hydrogen-bond acceptors (Lipinski definition) is 6. The van der Waals surface area contributed by atoms with Crippen LogP contribution in [0.3, 0.4) is 0 Å². The van der Waals surface area contributed by atoms with Crippen LogP contribution in [-0.4, -0.2) is 61.3 Å². The summed E-state index contributed by atoms with van der Waals surface area (Å²) in [5.41, 5.74) is 1.07. The van der Waals surface area contributed by atoms with Crippen LogP contribution in [0.5, 0.6) is 23.0 Å². The molecule has 1 aliphatic rings. The van der Waals surface area contributed by atoms with E-state index in [1.807, 2.05) is 42.5 Å². The quantitative estimate of drug-likeness (QED) is 0.292. The third-order valence-electron chi connectivity index (χ3n) is 6.05. The van der Waals surface area contributed by atoms with Gasteiger partial charge in [-0.2, -0.15) is 0 Å². The first-order chi connectivity index (χ1) is 16.5. The molecule has 7 heteroatoms. The fourth-order valence-corrected chi connectivity index (χ4v) is 5.47. The van der Waals surface area contributed by atoms with Crippen molar-refractivity contribution in [1.29, 1.82) is 0 Å². The average Bonchev–Trinajstić information content (AvgIpc) is 3.19. The Balaban J connectivity index is 1.30. The van der Waals surface area contributed by atoms with Gasteiger partial charge in [0.05, 0.1) is 4.88 Å². The van der Waals surface area contributed by atoms with Gasteiger partial charge >= 0.3 is 0 Å². The third kappa shape index (κ3) is 5.39. The highest BCUT2D eigenvalue weighted by molar-refractivity contribution is 9.10. The summed E-state index contributed by atoms with van der Waals surface area (Å²) >= 11 is 5.12. The normalized spacial score (nSPS) is 15.0. The van der Waals surface area contributed by atoms with Crippen LogP contribution in [0.1, 0.15) is 0 Å². The van der Waals surface area contributed by atoms with Crippen LogP contribution in [-0.2, 0) is 0 Å². The number of thiophene rings is 1. The number of phenolic OH excluding ortho intramolecular Hbond substituents is 1. The Morgan fingerprint density at radius 1 is 0.912 bits per heavy atom. The summed E-state index contributed by atoms with van der Waals surface area (Å²) in [7, 11) is 2.17. The van der Waals surface area contributed by atoms with E-state index in [4.69, 9.17) is 9.47 Å². The monoisotopic (exact) mass is 538 g/mol. The Kier molecular flexibility index (Phi) is 7.06. The first kappa shape index (κ1) is 23.2. The van der Waals surface area contributed by atoms with Crippen LogP contribution in [0.2, 0.25) is 0 Å². The maximum atomic E-state index is 9.96. The number of benzene rings is 3. The van der Waals surface area contributed by atoms with Gasteiger partial charge in [0.15, 0.2) is 5.75 Å². The summed E-state index contributed by atoms with van der Waals surface area (Å²) in [6.45, 7) is 6.04. The molecule has 176 valence electrons. The standard InChI is InChI=1S/C27H27BrN2O3S/c1-29-12-14-30(15-13-29)16-17-32-22-7-9-23(10-8-22)33-26-24-11-6-21(31)18-25(24)34-27(26)19-2-4-20(28)5-3-19/h2-11,18,31H,12-17H2,1H3. The highest BCUT2D eigenvalue weighted by Crippen LogP contribution is 2.47. The number of aromatic hydroxyl groups is 1. The second kappa shape index (κ2) is 10.4. The van der Waals surface area contributed by atoms with Crippen molar-refractivity contribution in [2.24, 2.45) is 0 Å². The molecule has 1 aliphatic heterocycles. The molecule has 5 nitrogen and oxygen atoms in total. The van der Waals surface area contributed by atoms with E-state index in [0.717, 1.165) is 75.0 Å². The first-order valence-electron chi connectivity index (χ1n) is 11.4. The number of rotatable bonds is 7. The van der Waals surface area contributed by atoms with Crippen molar-refractivity contribution in [2.45, 2.75) is 0 Å². The molecule has 0 atom stereocenters. The third-order valence-corrected chi connectivity index (χ3v) is 7.76. The van der Waals surface area contributed by atoms with Gasteiger partial charge in [-0.15, -0.1) is 11.3 Å². The molecule has 0 amide bonds. The Morgan fingerprint density at radius 2 is 1.62 bits per heavy atom. The second-order valence-electron chi connectivity index (χ2n) is 8.51. The Hall–Kier alpha value is -2.58. The summed E-state index contributed by atoms with van der Waals surface area (Å²) in [6.07, 6.45) is 0. The molecular weight excluding hydrogens is 512 g/mol. The van der Waals surface area contributed by atoms with E-state index in [2.05, 4.69) is 44.9 Å². The summed E-state index contributed by atoms with van der Waals surface area (Å²) in [6, 6.07) is 21.4. The molecule has 1 N–H and O–H groups in total. The lowest BCUT2D eigenvalue weighted by Crippen LogP contribution is -2.45. The molecule has 0 saturated carbocycles. The molecule has 1 saturated heterocycles. The van der Waals surface area contributed by atoms with Gasteiger partial charge in [-0.25, -0.2) is 0 Å². The van der Waals surface area contributed by atoms with Gasteiger partial charge in [-0.05, 0) is 67.2 Å². The van der Waals surface area contributed by atoms with Crippen molar-refractivity contribution in [1.82, 2.24) is 9.80 Å². The average molecular weight is 539 g/mol. The summed E-state index contributed by atoms with van der Waals surface area (Å²) in [5, 5.41) is 10.9. The van der Waals surface area contributed by atoms with Gasteiger partial charge in [-0.1, -0.05) is 28.1 Å². The van der Waals surface area contributed by atoms with E-state index in [-0.39, 0.29) is 5.75 Å². The zero-order valence-corrected chi connectivity index (χ0v) is 21.4. The Bertz CT molecular complexity index is 1250. The second-order valence-corrected chi connectivity index (χ2v) is 10.5. The Morgan fingerprint density at radius 3 is 2.35 bits per heavy atom. The lowest BCUT2D eigenvalue weighted by molar-refractivity contribution is 0.133. The molecular formula is C27H27BrN2O3S. The number of nitrogens with zero attached hydrogens (tertiary/aromatic N) is 2. The van der Waals surface area contributed by atoms with Crippen molar-refractivity contribution in [3.63, 3.8) is 0 Å². The molecule has 0 unspecified atom stereocenters. The molecule has 0 aliphatic carbocycles. The highest BCUT2D eigenvalue weighted by Gasteiger charge is 2.17. The summed E-state index contributed by atoms with van der Waals surface area (Å²) < 4.78 is 14.4. The summed E-state index contributed by atoms with van der Waals surface area (Å²) in [4.78, 5) is 5.83. The molecule has 0 spiro atoms. The number of fused-ring (bicyclic) bond motifs is 1. The van der Waals surface area contributed by atoms with Crippen LogP contribution in [0.15, 0.2) is 71.2 Å². The van der Waals surface area contributed by atoms with Gasteiger partial charge in [0.25, 0.3) is 0 Å². The van der Waals surface area contributed by atoms with Gasteiger partial charge in [-0.3, -0.25) is 4.90 Å². The van der Waals surface area contributed by atoms with Crippen LogP contribution in [0.4, 0.5) is 0 Å². The highest BCUT2D eigenvalue weighted by atomic mass is 79.9. The van der Waals surface area contributed by atoms with Gasteiger partial charge in [0.2, 0.25) is 0 Å². The largest absolute Gasteiger partial charge is 0.508 e. The van der Waals surface area contributed by atoms with Crippen molar-refractivity contribution in [2.75, 3.05) is 46.4 Å². The number of hydrogen-bond donors (Lipinski definition) is 1. The lowest BCUT2D eigenvalue weighted by Gasteiger charge is -2.32. The first-order valence-corrected chi connectivity index (χ1v) is 13.0. The maximum Gasteiger partial charge on any atom is 0.153 e.